The number of alkyl halides is 1. The monoisotopic (exact) mass is 219 g/mol. The minimum atomic E-state index is -0.0589. The summed E-state index contributed by atoms with van der Waals surface area (Å²) in [6, 6.07) is 0.251. The van der Waals surface area contributed by atoms with Crippen molar-refractivity contribution >= 4 is 17.5 Å². The Bertz CT molecular complexity index is 155. The van der Waals surface area contributed by atoms with Crippen LogP contribution < -0.4 is 5.32 Å². The molecule has 84 valence electrons. The zero-order valence-corrected chi connectivity index (χ0v) is 10.2. The van der Waals surface area contributed by atoms with Gasteiger partial charge < -0.3 is 5.32 Å². The maximum absolute atomic E-state index is 11.1. The second kappa shape index (κ2) is 8.10. The molecule has 0 bridgehead atoms. The molecule has 1 atom stereocenters. The molecule has 1 N–H and O–H groups in total. The van der Waals surface area contributed by atoms with Crippen molar-refractivity contribution in [2.45, 2.75) is 52.5 Å². The van der Waals surface area contributed by atoms with E-state index in [0.717, 1.165) is 0 Å². The molecule has 0 rings (SSSR count). The van der Waals surface area contributed by atoms with Crippen LogP contribution in [0.5, 0.6) is 0 Å². The third-order valence-corrected chi connectivity index (χ3v) is 2.78. The molecule has 1 unspecified atom stereocenters. The molecule has 1 amide bonds. The van der Waals surface area contributed by atoms with Gasteiger partial charge in [-0.05, 0) is 25.7 Å². The molecular formula is C11H22ClNO. The highest BCUT2D eigenvalue weighted by atomic mass is 35.5. The molecule has 0 radical (unpaired) electrons. The van der Waals surface area contributed by atoms with Crippen LogP contribution in [0.3, 0.4) is 0 Å². The van der Waals surface area contributed by atoms with E-state index in [0.29, 0.717) is 5.92 Å². The van der Waals surface area contributed by atoms with Crippen LogP contribution in [0.4, 0.5) is 0 Å². The van der Waals surface area contributed by atoms with Gasteiger partial charge in [-0.3, -0.25) is 4.79 Å². The van der Waals surface area contributed by atoms with Crippen molar-refractivity contribution < 1.29 is 4.79 Å². The Kier molecular flexibility index (Phi) is 7.96. The van der Waals surface area contributed by atoms with Crippen molar-refractivity contribution in [2.24, 2.45) is 5.92 Å². The Morgan fingerprint density at radius 1 is 1.29 bits per heavy atom. The normalized spacial score (nSPS) is 12.9. The summed E-state index contributed by atoms with van der Waals surface area (Å²) in [5, 5.41) is 2.93. The number of hydrogen-bond donors (Lipinski definition) is 1. The van der Waals surface area contributed by atoms with E-state index in [4.69, 9.17) is 11.6 Å². The fourth-order valence-electron chi connectivity index (χ4n) is 1.80. The highest BCUT2D eigenvalue weighted by molar-refractivity contribution is 6.27. The van der Waals surface area contributed by atoms with Gasteiger partial charge in [-0.1, -0.05) is 26.7 Å². The van der Waals surface area contributed by atoms with Crippen LogP contribution >= 0.6 is 11.6 Å². The van der Waals surface area contributed by atoms with Gasteiger partial charge >= 0.3 is 0 Å². The minimum Gasteiger partial charge on any atom is -0.352 e. The maximum atomic E-state index is 11.1. The molecule has 14 heavy (non-hydrogen) atoms. The Morgan fingerprint density at radius 3 is 2.14 bits per heavy atom. The third kappa shape index (κ3) is 5.48. The first-order valence-corrected chi connectivity index (χ1v) is 6.04. The first kappa shape index (κ1) is 13.8. The molecule has 0 aliphatic rings. The molecule has 3 heteroatoms. The smallest absolute Gasteiger partial charge is 0.235 e. The van der Waals surface area contributed by atoms with Gasteiger partial charge in [0, 0.05) is 6.04 Å². The van der Waals surface area contributed by atoms with Crippen molar-refractivity contribution in [1.29, 1.82) is 0 Å². The number of carbonyl (C=O) groups is 1. The Labute approximate surface area is 92.4 Å². The van der Waals surface area contributed by atoms with E-state index in [9.17, 15) is 4.79 Å². The lowest BCUT2D eigenvalue weighted by molar-refractivity contribution is -0.119. The van der Waals surface area contributed by atoms with E-state index in [1.54, 1.807) is 0 Å². The average Bonchev–Trinajstić information content (AvgIpc) is 2.17. The van der Waals surface area contributed by atoms with E-state index in [1.165, 1.54) is 25.7 Å². The molecule has 0 saturated heterocycles. The first-order chi connectivity index (χ1) is 6.65. The highest BCUT2D eigenvalue weighted by Crippen LogP contribution is 2.17. The van der Waals surface area contributed by atoms with Crippen molar-refractivity contribution in [2.75, 3.05) is 5.88 Å². The quantitative estimate of drug-likeness (QED) is 0.656. The van der Waals surface area contributed by atoms with Crippen LogP contribution in [-0.4, -0.2) is 17.8 Å². The minimum absolute atomic E-state index is 0.0589. The maximum Gasteiger partial charge on any atom is 0.235 e. The second-order valence-corrected chi connectivity index (χ2v) is 4.09. The van der Waals surface area contributed by atoms with Gasteiger partial charge in [-0.25, -0.2) is 0 Å². The van der Waals surface area contributed by atoms with Gasteiger partial charge in [0.05, 0.1) is 0 Å². The molecule has 0 spiro atoms. The van der Waals surface area contributed by atoms with Crippen LogP contribution in [0.25, 0.3) is 0 Å². The summed E-state index contributed by atoms with van der Waals surface area (Å²) >= 11 is 5.44. The molecule has 0 fully saturated rings. The Balaban J connectivity index is 3.99. The van der Waals surface area contributed by atoms with Crippen LogP contribution in [0.1, 0.15) is 46.5 Å². The molecule has 0 aromatic carbocycles. The largest absolute Gasteiger partial charge is 0.352 e. The third-order valence-electron chi connectivity index (χ3n) is 2.54. The fourth-order valence-corrected chi connectivity index (χ4v) is 1.87. The average molecular weight is 220 g/mol. The van der Waals surface area contributed by atoms with E-state index < -0.39 is 0 Å². The van der Waals surface area contributed by atoms with Crippen LogP contribution in [-0.2, 0) is 4.79 Å². The van der Waals surface area contributed by atoms with E-state index in [2.05, 4.69) is 26.1 Å². The molecule has 0 aromatic rings. The summed E-state index contributed by atoms with van der Waals surface area (Å²) in [7, 11) is 0. The molecule has 2 nitrogen and oxygen atoms in total. The number of nitrogens with one attached hydrogen (secondary N) is 1. The standard InChI is InChI=1S/C11H22ClNO/c1-4-6-10(7-5-2)9(3)13-11(14)8-12/h9-10H,4-8H2,1-3H3,(H,13,14). The summed E-state index contributed by atoms with van der Waals surface area (Å²) in [4.78, 5) is 11.1. The van der Waals surface area contributed by atoms with Crippen LogP contribution in [0.2, 0.25) is 0 Å². The Morgan fingerprint density at radius 2 is 1.79 bits per heavy atom. The molecule has 0 heterocycles. The zero-order valence-electron chi connectivity index (χ0n) is 9.48. The predicted octanol–water partition coefficient (Wildman–Crippen LogP) is 2.95. The van der Waals surface area contributed by atoms with Gasteiger partial charge in [0.1, 0.15) is 5.88 Å². The Hall–Kier alpha value is -0.240. The number of halogens is 1. The fraction of sp³-hybridized carbons (Fsp3) is 0.909. The lowest BCUT2D eigenvalue weighted by Crippen LogP contribution is -2.38. The summed E-state index contributed by atoms with van der Waals surface area (Å²) in [5.41, 5.74) is 0. The van der Waals surface area contributed by atoms with Crippen LogP contribution in [0.15, 0.2) is 0 Å². The van der Waals surface area contributed by atoms with Gasteiger partial charge in [-0.2, -0.15) is 0 Å². The molecule has 0 saturated carbocycles. The van der Waals surface area contributed by atoms with E-state index in [-0.39, 0.29) is 17.8 Å². The lowest BCUT2D eigenvalue weighted by Gasteiger charge is -2.23. The van der Waals surface area contributed by atoms with Gasteiger partial charge in [-0.15, -0.1) is 11.6 Å². The van der Waals surface area contributed by atoms with Crippen molar-refractivity contribution in [3.8, 4) is 0 Å². The SMILES string of the molecule is CCCC(CCC)C(C)NC(=O)CCl. The van der Waals surface area contributed by atoms with Crippen molar-refractivity contribution in [3.63, 3.8) is 0 Å². The number of amides is 1. The van der Waals surface area contributed by atoms with Gasteiger partial charge in [0.2, 0.25) is 5.91 Å². The molecule has 0 aliphatic carbocycles. The number of carbonyl (C=O) groups excluding carboxylic acids is 1. The molecule has 0 aliphatic heterocycles. The van der Waals surface area contributed by atoms with Gasteiger partial charge in [0.25, 0.3) is 0 Å². The lowest BCUT2D eigenvalue weighted by atomic mass is 9.91. The van der Waals surface area contributed by atoms with E-state index in [1.807, 2.05) is 0 Å². The number of rotatable bonds is 7. The van der Waals surface area contributed by atoms with Crippen LogP contribution in [0, 0.1) is 5.92 Å². The highest BCUT2D eigenvalue weighted by Gasteiger charge is 2.16. The second-order valence-electron chi connectivity index (χ2n) is 3.83. The molecule has 0 aromatic heterocycles. The van der Waals surface area contributed by atoms with Crippen molar-refractivity contribution in [3.05, 3.63) is 0 Å². The molecular weight excluding hydrogens is 198 g/mol. The van der Waals surface area contributed by atoms with E-state index >= 15 is 0 Å². The zero-order chi connectivity index (χ0) is 11.0. The summed E-state index contributed by atoms with van der Waals surface area (Å²) in [6.07, 6.45) is 4.70. The topological polar surface area (TPSA) is 29.1 Å². The van der Waals surface area contributed by atoms with Gasteiger partial charge in [0.15, 0.2) is 0 Å². The van der Waals surface area contributed by atoms with Crippen molar-refractivity contribution in [1.82, 2.24) is 5.32 Å². The first-order valence-electron chi connectivity index (χ1n) is 5.51. The summed E-state index contributed by atoms with van der Waals surface area (Å²) < 4.78 is 0. The number of hydrogen-bond acceptors (Lipinski definition) is 1. The summed E-state index contributed by atoms with van der Waals surface area (Å²) in [6.45, 7) is 6.43. The summed E-state index contributed by atoms with van der Waals surface area (Å²) in [5.74, 6) is 0.600. The predicted molar refractivity (Wildman–Crippen MR) is 61.6 cm³/mol.